The van der Waals surface area contributed by atoms with Gasteiger partial charge in [-0.2, -0.15) is 0 Å². The second-order valence-electron chi connectivity index (χ2n) is 7.95. The SMILES string of the molecule is CC[C@H](C)[C@H](NC)C(=O)N[C@H]1CC[C@@H]2CN(Cc3ccccc3)C[C@@H]21. The van der Waals surface area contributed by atoms with Gasteiger partial charge in [0.1, 0.15) is 0 Å². The summed E-state index contributed by atoms with van der Waals surface area (Å²) < 4.78 is 0. The molecule has 1 aromatic rings. The molecule has 1 aliphatic carbocycles. The van der Waals surface area contributed by atoms with Crippen LogP contribution in [0.4, 0.5) is 0 Å². The average Bonchev–Trinajstić information content (AvgIpc) is 3.17. The van der Waals surface area contributed by atoms with Crippen molar-refractivity contribution in [1.29, 1.82) is 0 Å². The van der Waals surface area contributed by atoms with Crippen LogP contribution in [0.15, 0.2) is 30.3 Å². The summed E-state index contributed by atoms with van der Waals surface area (Å²) in [7, 11) is 1.89. The zero-order chi connectivity index (χ0) is 17.8. The van der Waals surface area contributed by atoms with Crippen LogP contribution in [0.2, 0.25) is 0 Å². The zero-order valence-corrected chi connectivity index (χ0v) is 15.9. The van der Waals surface area contributed by atoms with Gasteiger partial charge in [0, 0.05) is 25.7 Å². The fraction of sp³-hybridized carbons (Fsp3) is 0.667. The summed E-state index contributed by atoms with van der Waals surface area (Å²) in [5.41, 5.74) is 1.38. The van der Waals surface area contributed by atoms with Crippen molar-refractivity contribution < 1.29 is 4.79 Å². The summed E-state index contributed by atoms with van der Waals surface area (Å²) in [6.07, 6.45) is 3.39. The van der Waals surface area contributed by atoms with Crippen LogP contribution in [0.25, 0.3) is 0 Å². The second-order valence-corrected chi connectivity index (χ2v) is 7.95. The lowest BCUT2D eigenvalue weighted by Crippen LogP contribution is -2.51. The van der Waals surface area contributed by atoms with Gasteiger partial charge in [0.25, 0.3) is 0 Å². The van der Waals surface area contributed by atoms with E-state index in [0.29, 0.717) is 17.9 Å². The molecular formula is C21H33N3O. The molecule has 4 nitrogen and oxygen atoms in total. The van der Waals surface area contributed by atoms with Crippen LogP contribution >= 0.6 is 0 Å². The first-order valence-electron chi connectivity index (χ1n) is 9.86. The lowest BCUT2D eigenvalue weighted by Gasteiger charge is -2.27. The molecule has 2 N–H and O–H groups in total. The number of carbonyl (C=O) groups excluding carboxylic acids is 1. The molecule has 2 fully saturated rings. The van der Waals surface area contributed by atoms with Gasteiger partial charge < -0.3 is 10.6 Å². The van der Waals surface area contributed by atoms with E-state index in [4.69, 9.17) is 0 Å². The number of hydrogen-bond acceptors (Lipinski definition) is 3. The molecule has 1 saturated carbocycles. The number of fused-ring (bicyclic) bond motifs is 1. The molecule has 0 unspecified atom stereocenters. The minimum Gasteiger partial charge on any atom is -0.352 e. The van der Waals surface area contributed by atoms with Crippen LogP contribution in [0.3, 0.4) is 0 Å². The van der Waals surface area contributed by atoms with E-state index in [9.17, 15) is 4.79 Å². The minimum atomic E-state index is -0.0779. The fourth-order valence-corrected chi connectivity index (χ4v) is 4.69. The highest BCUT2D eigenvalue weighted by Gasteiger charge is 2.43. The molecule has 3 rings (SSSR count). The molecule has 1 amide bonds. The number of likely N-dealkylation sites (tertiary alicyclic amines) is 1. The van der Waals surface area contributed by atoms with E-state index < -0.39 is 0 Å². The maximum atomic E-state index is 12.7. The van der Waals surface area contributed by atoms with Crippen LogP contribution in [-0.2, 0) is 11.3 Å². The van der Waals surface area contributed by atoms with Crippen LogP contribution in [0.1, 0.15) is 38.7 Å². The molecule has 0 radical (unpaired) electrons. The Morgan fingerprint density at radius 3 is 2.68 bits per heavy atom. The monoisotopic (exact) mass is 343 g/mol. The topological polar surface area (TPSA) is 44.4 Å². The zero-order valence-electron chi connectivity index (χ0n) is 15.9. The van der Waals surface area contributed by atoms with Crippen molar-refractivity contribution >= 4 is 5.91 Å². The predicted octanol–water partition coefficient (Wildman–Crippen LogP) is 2.65. The molecular weight excluding hydrogens is 310 g/mol. The second kappa shape index (κ2) is 8.33. The fourth-order valence-electron chi connectivity index (χ4n) is 4.69. The van der Waals surface area contributed by atoms with E-state index in [-0.39, 0.29) is 11.9 Å². The Morgan fingerprint density at radius 2 is 2.00 bits per heavy atom. The molecule has 4 heteroatoms. The molecule has 0 spiro atoms. The normalized spacial score (nSPS) is 28.5. The molecule has 138 valence electrons. The van der Waals surface area contributed by atoms with E-state index in [0.717, 1.165) is 31.8 Å². The standard InChI is InChI=1S/C21H33N3O/c1-4-15(2)20(22-3)21(25)23-19-11-10-17-13-24(14-18(17)19)12-16-8-6-5-7-9-16/h5-9,15,17-20,22H,4,10-14H2,1-3H3,(H,23,25)/t15-,17+,18-,19-,20-/m0/s1. The van der Waals surface area contributed by atoms with E-state index in [1.807, 2.05) is 7.05 Å². The Labute approximate surface area is 152 Å². The van der Waals surface area contributed by atoms with Gasteiger partial charge in [-0.05, 0) is 43.2 Å². The summed E-state index contributed by atoms with van der Waals surface area (Å²) >= 11 is 0. The number of rotatable bonds is 7. The summed E-state index contributed by atoms with van der Waals surface area (Å²) in [4.78, 5) is 15.3. The largest absolute Gasteiger partial charge is 0.352 e. The molecule has 0 bridgehead atoms. The smallest absolute Gasteiger partial charge is 0.237 e. The number of benzene rings is 1. The first-order valence-corrected chi connectivity index (χ1v) is 9.86. The minimum absolute atomic E-state index is 0.0779. The summed E-state index contributed by atoms with van der Waals surface area (Å²) in [6.45, 7) is 7.60. The van der Waals surface area contributed by atoms with Gasteiger partial charge in [0.2, 0.25) is 5.91 Å². The van der Waals surface area contributed by atoms with Crippen molar-refractivity contribution in [3.8, 4) is 0 Å². The molecule has 25 heavy (non-hydrogen) atoms. The Kier molecular flexibility index (Phi) is 6.13. The first kappa shape index (κ1) is 18.4. The van der Waals surface area contributed by atoms with Crippen molar-refractivity contribution in [1.82, 2.24) is 15.5 Å². The Morgan fingerprint density at radius 1 is 1.24 bits per heavy atom. The van der Waals surface area contributed by atoms with Crippen molar-refractivity contribution in [3.05, 3.63) is 35.9 Å². The van der Waals surface area contributed by atoms with Gasteiger partial charge in [-0.25, -0.2) is 0 Å². The average molecular weight is 344 g/mol. The molecule has 1 saturated heterocycles. The highest BCUT2D eigenvalue weighted by atomic mass is 16.2. The number of nitrogens with one attached hydrogen (secondary N) is 2. The number of likely N-dealkylation sites (N-methyl/N-ethyl adjacent to an activating group) is 1. The van der Waals surface area contributed by atoms with Crippen LogP contribution < -0.4 is 10.6 Å². The lowest BCUT2D eigenvalue weighted by molar-refractivity contribution is -0.125. The van der Waals surface area contributed by atoms with Crippen LogP contribution in [-0.4, -0.2) is 43.0 Å². The first-order chi connectivity index (χ1) is 12.1. The van der Waals surface area contributed by atoms with E-state index in [2.05, 4.69) is 59.7 Å². The molecule has 0 aromatic heterocycles. The third-order valence-corrected chi connectivity index (χ3v) is 6.32. The van der Waals surface area contributed by atoms with E-state index in [1.165, 1.54) is 18.5 Å². The Hall–Kier alpha value is -1.39. The van der Waals surface area contributed by atoms with Crippen molar-refractivity contribution in [2.45, 2.75) is 51.7 Å². The van der Waals surface area contributed by atoms with Gasteiger partial charge in [0.05, 0.1) is 6.04 Å². The van der Waals surface area contributed by atoms with E-state index >= 15 is 0 Å². The number of hydrogen-bond donors (Lipinski definition) is 2. The summed E-state index contributed by atoms with van der Waals surface area (Å²) in [5, 5.41) is 6.58. The third kappa shape index (κ3) is 4.24. The number of nitrogens with zero attached hydrogens (tertiary/aromatic N) is 1. The van der Waals surface area contributed by atoms with Crippen molar-refractivity contribution in [2.24, 2.45) is 17.8 Å². The van der Waals surface area contributed by atoms with Gasteiger partial charge in [-0.15, -0.1) is 0 Å². The Bertz CT molecular complexity index is 562. The van der Waals surface area contributed by atoms with Crippen molar-refractivity contribution in [3.63, 3.8) is 0 Å². The van der Waals surface area contributed by atoms with Gasteiger partial charge in [0.15, 0.2) is 0 Å². The molecule has 2 aliphatic rings. The molecule has 1 aliphatic heterocycles. The highest BCUT2D eigenvalue weighted by Crippen LogP contribution is 2.38. The maximum absolute atomic E-state index is 12.7. The quantitative estimate of drug-likeness (QED) is 0.800. The van der Waals surface area contributed by atoms with E-state index in [1.54, 1.807) is 0 Å². The van der Waals surface area contributed by atoms with Crippen LogP contribution in [0.5, 0.6) is 0 Å². The third-order valence-electron chi connectivity index (χ3n) is 6.32. The molecule has 1 heterocycles. The predicted molar refractivity (Wildman–Crippen MR) is 102 cm³/mol. The number of amides is 1. The lowest BCUT2D eigenvalue weighted by atomic mass is 9.95. The Balaban J connectivity index is 1.56. The highest BCUT2D eigenvalue weighted by molar-refractivity contribution is 5.82. The van der Waals surface area contributed by atoms with Gasteiger partial charge >= 0.3 is 0 Å². The van der Waals surface area contributed by atoms with Gasteiger partial charge in [-0.1, -0.05) is 50.6 Å². The maximum Gasteiger partial charge on any atom is 0.237 e. The summed E-state index contributed by atoms with van der Waals surface area (Å²) in [6, 6.07) is 11.0. The molecule has 1 aromatic carbocycles. The van der Waals surface area contributed by atoms with Gasteiger partial charge in [-0.3, -0.25) is 9.69 Å². The van der Waals surface area contributed by atoms with Crippen molar-refractivity contribution in [2.75, 3.05) is 20.1 Å². The summed E-state index contributed by atoms with van der Waals surface area (Å²) in [5.74, 6) is 1.90. The molecule has 5 atom stereocenters. The number of carbonyl (C=O) groups is 1. The van der Waals surface area contributed by atoms with Crippen LogP contribution in [0, 0.1) is 17.8 Å².